The zero-order valence-corrected chi connectivity index (χ0v) is 59.3. The number of hydrogen-bond acceptors (Lipinski definition) is 22. The number of aliphatic carboxylic acids is 1. The number of Topliss-reactive ketones (excluding diaryl/α,β-unsaturated/α-hetero) is 3. The van der Waals surface area contributed by atoms with Crippen LogP contribution in [0.4, 0.5) is 19.2 Å². The van der Waals surface area contributed by atoms with Crippen molar-refractivity contribution in [3.05, 3.63) is 18.2 Å². The minimum atomic E-state index is -2.20. The number of aliphatic hydroxyl groups is 2. The number of esters is 1. The maximum Gasteiger partial charge on any atom is 0.419 e. The summed E-state index contributed by atoms with van der Waals surface area (Å²) in [5.74, 6) is -7.97. The SMILES string of the molecule is COC(=O)C(CCCCN)NC(=O)C(CCCCNC(=O)OC(C)(C)C)CC(=O)C(CCCCNC(=O)OC(C)(C)C)CC(=O)C(Cc1cn(C(=O)OC(C)(C)C)cn1)NC(=O)C(CCCCCC(=O)[C@H](OC(C)C)[C@@H](O)[C@@H](OC(C)C)[C@H](O)C(=O)O)NC(=O)OC(C)(C)C. The molecule has 0 saturated carbocycles. The molecule has 0 aliphatic heterocycles. The molecule has 1 aromatic rings. The van der Waals surface area contributed by atoms with Gasteiger partial charge in [0.05, 0.1) is 31.1 Å². The predicted octanol–water partition coefficient (Wildman–Crippen LogP) is 6.83. The Morgan fingerprint density at radius 3 is 1.54 bits per heavy atom. The number of alkyl carbamates (subject to hydrolysis) is 3. The summed E-state index contributed by atoms with van der Waals surface area (Å²) in [7, 11) is 1.18. The summed E-state index contributed by atoms with van der Waals surface area (Å²) in [4.78, 5) is 154. The molecule has 5 unspecified atom stereocenters. The number of nitrogens with one attached hydrogen (secondary N) is 5. The molecule has 0 spiro atoms. The number of imidazole rings is 1. The van der Waals surface area contributed by atoms with Crippen molar-refractivity contribution in [2.75, 3.05) is 26.7 Å². The molecule has 0 aliphatic carbocycles. The number of rotatable bonds is 43. The average molecular weight is 1360 g/mol. The molecular weight excluding hydrogens is 1240 g/mol. The number of hydrogen-bond donors (Lipinski definition) is 9. The number of nitrogens with two attached hydrogens (primary N) is 1. The number of methoxy groups -OCH3 is 1. The normalized spacial score (nSPS) is 14.9. The summed E-state index contributed by atoms with van der Waals surface area (Å²) in [5, 5.41) is 44.8. The molecule has 1 rings (SSSR count). The van der Waals surface area contributed by atoms with E-state index in [4.69, 9.17) is 38.9 Å². The molecule has 0 aliphatic rings. The quantitative estimate of drug-likeness (QED) is 0.0184. The van der Waals surface area contributed by atoms with E-state index in [1.165, 1.54) is 19.6 Å². The van der Waals surface area contributed by atoms with Crippen LogP contribution in [0.25, 0.3) is 0 Å². The number of carboxylic acids is 1. The molecular formula is C66H114N8O21. The lowest BCUT2D eigenvalue weighted by molar-refractivity contribution is -0.187. The highest BCUT2D eigenvalue weighted by molar-refractivity contribution is 5.96. The van der Waals surface area contributed by atoms with Gasteiger partial charge in [-0.1, -0.05) is 25.7 Å². The zero-order valence-electron chi connectivity index (χ0n) is 59.3. The lowest BCUT2D eigenvalue weighted by Crippen LogP contribution is -2.53. The van der Waals surface area contributed by atoms with Gasteiger partial charge in [0.2, 0.25) is 11.8 Å². The summed E-state index contributed by atoms with van der Waals surface area (Å²) in [6, 6.07) is -4.00. The van der Waals surface area contributed by atoms with Crippen LogP contribution in [0.1, 0.15) is 219 Å². The van der Waals surface area contributed by atoms with Crippen molar-refractivity contribution in [1.82, 2.24) is 36.1 Å². The monoisotopic (exact) mass is 1350 g/mol. The van der Waals surface area contributed by atoms with Gasteiger partial charge in [-0.3, -0.25) is 24.0 Å². The highest BCUT2D eigenvalue weighted by Gasteiger charge is 2.42. The van der Waals surface area contributed by atoms with Gasteiger partial charge in [-0.2, -0.15) is 0 Å². The number of carboxylic acid groups (broad SMARTS) is 1. The van der Waals surface area contributed by atoms with Crippen LogP contribution in [0.2, 0.25) is 0 Å². The molecule has 1 aromatic heterocycles. The van der Waals surface area contributed by atoms with Crippen LogP contribution < -0.4 is 32.3 Å². The van der Waals surface area contributed by atoms with Crippen molar-refractivity contribution in [1.29, 1.82) is 0 Å². The van der Waals surface area contributed by atoms with Crippen molar-refractivity contribution in [2.24, 2.45) is 17.6 Å². The number of aliphatic hydroxyl groups excluding tert-OH is 2. The number of unbranched alkanes of at least 4 members (excludes halogenated alkanes) is 5. The maximum absolute atomic E-state index is 15.2. The Kier molecular flexibility index (Phi) is 38.1. The summed E-state index contributed by atoms with van der Waals surface area (Å²) < 4.78 is 39.2. The van der Waals surface area contributed by atoms with E-state index in [2.05, 4.69) is 31.6 Å². The van der Waals surface area contributed by atoms with Crippen molar-refractivity contribution < 1.29 is 101 Å². The number of amides is 5. The molecule has 10 N–H and O–H groups in total. The van der Waals surface area contributed by atoms with Crippen LogP contribution in [0.15, 0.2) is 12.5 Å². The number of aromatic nitrogens is 2. The van der Waals surface area contributed by atoms with E-state index in [-0.39, 0.29) is 83.0 Å². The van der Waals surface area contributed by atoms with Gasteiger partial charge in [0, 0.05) is 56.8 Å². The number of carbonyl (C=O) groups is 11. The first-order valence-electron chi connectivity index (χ1n) is 33.0. The Labute approximate surface area is 560 Å². The van der Waals surface area contributed by atoms with Crippen LogP contribution in [0.5, 0.6) is 0 Å². The van der Waals surface area contributed by atoms with Gasteiger partial charge < -0.3 is 80.8 Å². The molecule has 0 radical (unpaired) electrons. The minimum Gasteiger partial charge on any atom is -0.479 e. The molecule has 9 atom stereocenters. The topological polar surface area (TPSA) is 417 Å². The smallest absolute Gasteiger partial charge is 0.419 e. The van der Waals surface area contributed by atoms with E-state index >= 15 is 9.59 Å². The highest BCUT2D eigenvalue weighted by Crippen LogP contribution is 2.26. The number of ketones is 3. The summed E-state index contributed by atoms with van der Waals surface area (Å²) in [5.41, 5.74) is 2.36. The second kappa shape index (κ2) is 42.0. The van der Waals surface area contributed by atoms with Gasteiger partial charge in [0.15, 0.2) is 17.7 Å². The van der Waals surface area contributed by atoms with E-state index < -0.39 is 167 Å². The second-order valence-corrected chi connectivity index (χ2v) is 28.3. The van der Waals surface area contributed by atoms with E-state index in [0.717, 1.165) is 4.57 Å². The van der Waals surface area contributed by atoms with Crippen LogP contribution >= 0.6 is 0 Å². The lowest BCUT2D eigenvalue weighted by Gasteiger charge is -2.32. The average Bonchev–Trinajstić information content (AvgIpc) is 1.72. The van der Waals surface area contributed by atoms with Crippen molar-refractivity contribution in [3.8, 4) is 0 Å². The van der Waals surface area contributed by atoms with Crippen LogP contribution in [0, 0.1) is 11.8 Å². The van der Waals surface area contributed by atoms with Crippen molar-refractivity contribution in [3.63, 3.8) is 0 Å². The second-order valence-electron chi connectivity index (χ2n) is 28.3. The molecule has 0 aromatic carbocycles. The fourth-order valence-electron chi connectivity index (χ4n) is 9.62. The van der Waals surface area contributed by atoms with Crippen molar-refractivity contribution in [2.45, 2.75) is 297 Å². The van der Waals surface area contributed by atoms with E-state index in [9.17, 15) is 58.5 Å². The van der Waals surface area contributed by atoms with Gasteiger partial charge in [-0.05, 0) is 175 Å². The minimum absolute atomic E-state index is 0.0394. The Bertz CT molecular complexity index is 2600. The Hall–Kier alpha value is -6.82. The molecule has 95 heavy (non-hydrogen) atoms. The van der Waals surface area contributed by atoms with Gasteiger partial charge in [-0.15, -0.1) is 0 Å². The van der Waals surface area contributed by atoms with Crippen molar-refractivity contribution >= 4 is 65.5 Å². The third kappa shape index (κ3) is 37.9. The molecule has 29 heteroatoms. The summed E-state index contributed by atoms with van der Waals surface area (Å²) in [6.07, 6.45) is -7.86. The van der Waals surface area contributed by atoms with Gasteiger partial charge in [0.1, 0.15) is 64.9 Å². The zero-order chi connectivity index (χ0) is 72.6. The third-order valence-corrected chi connectivity index (χ3v) is 13.9. The third-order valence-electron chi connectivity index (χ3n) is 13.9. The van der Waals surface area contributed by atoms with Gasteiger partial charge in [-0.25, -0.2) is 38.3 Å². The molecule has 5 amide bonds. The number of ether oxygens (including phenoxy) is 7. The summed E-state index contributed by atoms with van der Waals surface area (Å²) in [6.45, 7) is 27.0. The lowest BCUT2D eigenvalue weighted by atomic mass is 9.83. The first kappa shape index (κ1) is 86.2. The van der Waals surface area contributed by atoms with Crippen LogP contribution in [-0.2, 0) is 73.1 Å². The molecule has 0 bridgehead atoms. The molecule has 0 fully saturated rings. The first-order chi connectivity index (χ1) is 44.0. The van der Waals surface area contributed by atoms with Crippen LogP contribution in [-0.4, -0.2) is 194 Å². The molecule has 29 nitrogen and oxygen atoms in total. The maximum atomic E-state index is 15.2. The Morgan fingerprint density at radius 2 is 1.03 bits per heavy atom. The van der Waals surface area contributed by atoms with E-state index in [0.29, 0.717) is 38.6 Å². The standard InChI is InChI=1S/C66H114N8O21/c1-40(2)90-53(51(78)54(91-41(3)4)52(79)57(82)83)48(75)31-20-18-19-29-45(73-61(87)94-65(11,12)13)56(81)72-47(37-44-38-74(39-70-44)62(88)95-66(14,15)16)50(77)35-42(27-22-25-33-68-59(85)92-63(5,6)7)49(76)36-43(28-23-26-34-69-60(86)93-64(8,9)10)55(80)71-46(58(84)89-17)30-21-24-32-67/h38-43,45-47,51-54,78-79H,18-37,67H2,1-17H3,(H,68,85)(H,69,86)(H,71,80)(H,72,81)(H,73,87)(H,82,83)/t42?,43?,45?,46?,47?,51-,52+,53+,54-/m1/s1. The Balaban J connectivity index is 3.94. The Morgan fingerprint density at radius 1 is 0.547 bits per heavy atom. The predicted molar refractivity (Wildman–Crippen MR) is 350 cm³/mol. The largest absolute Gasteiger partial charge is 0.479 e. The van der Waals surface area contributed by atoms with Crippen LogP contribution in [0.3, 0.4) is 0 Å². The van der Waals surface area contributed by atoms with E-state index in [1.54, 1.807) is 111 Å². The summed E-state index contributed by atoms with van der Waals surface area (Å²) >= 11 is 0. The van der Waals surface area contributed by atoms with Gasteiger partial charge in [0.25, 0.3) is 0 Å². The van der Waals surface area contributed by atoms with Gasteiger partial charge >= 0.3 is 36.3 Å². The fraction of sp³-hybridized carbons (Fsp3) is 0.788. The molecule has 544 valence electrons. The first-order valence-corrected chi connectivity index (χ1v) is 33.0. The highest BCUT2D eigenvalue weighted by atomic mass is 16.6. The molecule has 1 heterocycles. The number of nitrogens with zero attached hydrogens (tertiary/aromatic N) is 2. The van der Waals surface area contributed by atoms with E-state index in [1.807, 2.05) is 0 Å². The molecule has 0 saturated heterocycles. The fourth-order valence-corrected chi connectivity index (χ4v) is 9.62. The number of carbonyl (C=O) groups excluding carboxylic acids is 10.